The normalized spacial score (nSPS) is 10.6. The molecule has 0 spiro atoms. The number of aromatic amines is 1. The van der Waals surface area contributed by atoms with E-state index in [1.165, 1.54) is 5.56 Å². The average molecular weight is 413 g/mol. The van der Waals surface area contributed by atoms with E-state index in [0.717, 1.165) is 35.6 Å². The summed E-state index contributed by atoms with van der Waals surface area (Å²) in [5.74, 6) is 0.753. The first-order valence-corrected chi connectivity index (χ1v) is 8.84. The first-order chi connectivity index (χ1) is 12.2. The molecule has 0 radical (unpaired) electrons. The Morgan fingerprint density at radius 1 is 1.00 bits per heavy atom. The van der Waals surface area contributed by atoms with E-state index in [2.05, 4.69) is 33.5 Å². The maximum Gasteiger partial charge on any atom is 0.137 e. The third-order valence-corrected chi connectivity index (χ3v) is 4.62. The first-order valence-electron chi connectivity index (χ1n) is 8.08. The molecule has 3 N–H and O–H groups in total. The van der Waals surface area contributed by atoms with Crippen molar-refractivity contribution in [3.8, 4) is 22.6 Å². The van der Waals surface area contributed by atoms with E-state index in [0.29, 0.717) is 16.6 Å². The minimum Gasteiger partial charge on any atom is -0.395 e. The number of H-pyrrole nitrogens is 1. The van der Waals surface area contributed by atoms with Crippen molar-refractivity contribution in [3.05, 3.63) is 64.3 Å². The lowest BCUT2D eigenvalue weighted by molar-refractivity contribution is 0.293. The fraction of sp³-hybridized carbons (Fsp3) is 0.211. The fourth-order valence-corrected chi connectivity index (χ4v) is 2.89. The zero-order valence-corrected chi connectivity index (χ0v) is 16.3. The summed E-state index contributed by atoms with van der Waals surface area (Å²) in [4.78, 5) is 7.79. The summed E-state index contributed by atoms with van der Waals surface area (Å²) >= 11 is 12.1. The predicted octanol–water partition coefficient (Wildman–Crippen LogP) is 4.60. The number of nitrogens with one attached hydrogen (secondary N) is 2. The number of imidazole rings is 1. The number of aliphatic hydroxyl groups is 1. The van der Waals surface area contributed by atoms with Gasteiger partial charge in [-0.15, -0.1) is 12.4 Å². The van der Waals surface area contributed by atoms with Gasteiger partial charge in [0.2, 0.25) is 0 Å². The first kappa shape index (κ1) is 20.7. The van der Waals surface area contributed by atoms with Crippen molar-refractivity contribution in [2.45, 2.75) is 6.42 Å². The van der Waals surface area contributed by atoms with E-state index < -0.39 is 0 Å². The highest BCUT2D eigenvalue weighted by Gasteiger charge is 2.08. The maximum atomic E-state index is 8.80. The average Bonchev–Trinajstić information content (AvgIpc) is 3.12. The molecule has 0 saturated carbocycles. The quantitative estimate of drug-likeness (QED) is 0.497. The molecule has 1 heterocycles. The summed E-state index contributed by atoms with van der Waals surface area (Å²) in [6.45, 7) is 1.61. The van der Waals surface area contributed by atoms with Crippen molar-refractivity contribution >= 4 is 35.6 Å². The van der Waals surface area contributed by atoms with Crippen LogP contribution in [0.4, 0.5) is 0 Å². The predicted molar refractivity (Wildman–Crippen MR) is 110 cm³/mol. The van der Waals surface area contributed by atoms with Gasteiger partial charge in [0.1, 0.15) is 5.82 Å². The van der Waals surface area contributed by atoms with Gasteiger partial charge in [0.15, 0.2) is 0 Å². The van der Waals surface area contributed by atoms with Gasteiger partial charge < -0.3 is 15.4 Å². The van der Waals surface area contributed by atoms with Crippen LogP contribution in [-0.2, 0) is 6.42 Å². The Labute approximate surface area is 169 Å². The van der Waals surface area contributed by atoms with Crippen molar-refractivity contribution < 1.29 is 5.11 Å². The third kappa shape index (κ3) is 5.22. The number of hydrogen-bond acceptors (Lipinski definition) is 3. The molecule has 0 atom stereocenters. The highest BCUT2D eigenvalue weighted by Crippen LogP contribution is 2.28. The zero-order chi connectivity index (χ0) is 17.6. The van der Waals surface area contributed by atoms with Crippen LogP contribution in [0.2, 0.25) is 10.0 Å². The van der Waals surface area contributed by atoms with Crippen molar-refractivity contribution in [2.75, 3.05) is 19.7 Å². The van der Waals surface area contributed by atoms with E-state index in [1.54, 1.807) is 12.1 Å². The van der Waals surface area contributed by atoms with Crippen LogP contribution in [0.5, 0.6) is 0 Å². The number of halogens is 3. The van der Waals surface area contributed by atoms with Gasteiger partial charge in [0, 0.05) is 12.1 Å². The number of benzene rings is 2. The van der Waals surface area contributed by atoms with Crippen LogP contribution in [0.1, 0.15) is 5.56 Å². The Morgan fingerprint density at radius 2 is 1.85 bits per heavy atom. The molecule has 3 aromatic rings. The van der Waals surface area contributed by atoms with E-state index >= 15 is 0 Å². The Hall–Kier alpha value is -1.56. The van der Waals surface area contributed by atoms with E-state index in [-0.39, 0.29) is 19.0 Å². The van der Waals surface area contributed by atoms with Gasteiger partial charge in [0.05, 0.1) is 28.5 Å². The van der Waals surface area contributed by atoms with E-state index in [1.807, 2.05) is 18.3 Å². The molecular weight excluding hydrogens is 393 g/mol. The van der Waals surface area contributed by atoms with Crippen LogP contribution < -0.4 is 5.32 Å². The van der Waals surface area contributed by atoms with Gasteiger partial charge >= 0.3 is 0 Å². The SMILES string of the molecule is Cl.OCCNCCc1cccc(-c2cnc(-c3ccc(Cl)c(Cl)c3)[nH]2)c1. The third-order valence-electron chi connectivity index (χ3n) is 3.89. The monoisotopic (exact) mass is 411 g/mol. The molecule has 138 valence electrons. The van der Waals surface area contributed by atoms with Gasteiger partial charge in [-0.1, -0.05) is 41.4 Å². The van der Waals surface area contributed by atoms with Crippen molar-refractivity contribution in [1.82, 2.24) is 15.3 Å². The van der Waals surface area contributed by atoms with Gasteiger partial charge in [-0.25, -0.2) is 4.98 Å². The lowest BCUT2D eigenvalue weighted by Crippen LogP contribution is -2.20. The largest absolute Gasteiger partial charge is 0.395 e. The molecule has 26 heavy (non-hydrogen) atoms. The molecule has 0 bridgehead atoms. The highest BCUT2D eigenvalue weighted by atomic mass is 35.5. The second-order valence-corrected chi connectivity index (χ2v) is 6.51. The molecule has 0 amide bonds. The molecule has 3 rings (SSSR count). The minimum absolute atomic E-state index is 0. The Kier molecular flexibility index (Phi) is 7.94. The lowest BCUT2D eigenvalue weighted by atomic mass is 10.1. The zero-order valence-electron chi connectivity index (χ0n) is 14.0. The summed E-state index contributed by atoms with van der Waals surface area (Å²) < 4.78 is 0. The van der Waals surface area contributed by atoms with Gasteiger partial charge in [-0.2, -0.15) is 0 Å². The number of hydrogen-bond donors (Lipinski definition) is 3. The second kappa shape index (κ2) is 9.95. The summed E-state index contributed by atoms with van der Waals surface area (Å²) in [6.07, 6.45) is 2.72. The topological polar surface area (TPSA) is 60.9 Å². The second-order valence-electron chi connectivity index (χ2n) is 5.70. The molecule has 0 unspecified atom stereocenters. The van der Waals surface area contributed by atoms with Crippen molar-refractivity contribution in [1.29, 1.82) is 0 Å². The molecular formula is C19H20Cl3N3O. The molecule has 4 nitrogen and oxygen atoms in total. The molecule has 0 fully saturated rings. The van der Waals surface area contributed by atoms with Gasteiger partial charge in [-0.05, 0) is 48.4 Å². The maximum absolute atomic E-state index is 8.80. The highest BCUT2D eigenvalue weighted by molar-refractivity contribution is 6.42. The van der Waals surface area contributed by atoms with Gasteiger partial charge in [-0.3, -0.25) is 0 Å². The molecule has 0 saturated heterocycles. The molecule has 0 aliphatic heterocycles. The minimum atomic E-state index is 0. The number of nitrogens with zero attached hydrogens (tertiary/aromatic N) is 1. The molecule has 7 heteroatoms. The van der Waals surface area contributed by atoms with Crippen LogP contribution in [0.15, 0.2) is 48.7 Å². The Bertz CT molecular complexity index is 852. The van der Waals surface area contributed by atoms with E-state index in [4.69, 9.17) is 28.3 Å². The molecule has 1 aromatic heterocycles. The molecule has 2 aromatic carbocycles. The van der Waals surface area contributed by atoms with Gasteiger partial charge in [0.25, 0.3) is 0 Å². The molecule has 0 aliphatic rings. The van der Waals surface area contributed by atoms with Crippen LogP contribution >= 0.6 is 35.6 Å². The van der Waals surface area contributed by atoms with E-state index in [9.17, 15) is 0 Å². The standard InChI is InChI=1S/C19H19Cl2N3O.ClH/c20-16-5-4-15(11-17(16)21)19-23-12-18(24-19)14-3-1-2-13(10-14)6-7-22-8-9-25;/h1-5,10-12,22,25H,6-9H2,(H,23,24);1H. The summed E-state index contributed by atoms with van der Waals surface area (Å²) in [5, 5.41) is 13.0. The Morgan fingerprint density at radius 3 is 2.62 bits per heavy atom. The summed E-state index contributed by atoms with van der Waals surface area (Å²) in [5.41, 5.74) is 4.16. The Balaban J connectivity index is 0.00000243. The smallest absolute Gasteiger partial charge is 0.137 e. The fourth-order valence-electron chi connectivity index (χ4n) is 2.59. The van der Waals surface area contributed by atoms with Crippen LogP contribution in [0.3, 0.4) is 0 Å². The number of aromatic nitrogens is 2. The van der Waals surface area contributed by atoms with Crippen molar-refractivity contribution in [3.63, 3.8) is 0 Å². The number of aliphatic hydroxyl groups excluding tert-OH is 1. The summed E-state index contributed by atoms with van der Waals surface area (Å²) in [6, 6.07) is 13.8. The summed E-state index contributed by atoms with van der Waals surface area (Å²) in [7, 11) is 0. The van der Waals surface area contributed by atoms with Crippen LogP contribution in [0.25, 0.3) is 22.6 Å². The van der Waals surface area contributed by atoms with Crippen molar-refractivity contribution in [2.24, 2.45) is 0 Å². The molecule has 0 aliphatic carbocycles. The number of rotatable bonds is 7. The van der Waals surface area contributed by atoms with Crippen LogP contribution in [0, 0.1) is 0 Å². The lowest BCUT2D eigenvalue weighted by Gasteiger charge is -2.05. The van der Waals surface area contributed by atoms with Crippen LogP contribution in [-0.4, -0.2) is 34.8 Å².